The molecule has 0 aliphatic carbocycles. The van der Waals surface area contributed by atoms with E-state index in [1.165, 1.54) is 0 Å². The van der Waals surface area contributed by atoms with Gasteiger partial charge >= 0.3 is 64.3 Å². The number of rotatable bonds is 10. The number of nitrogens with one attached hydrogen (secondary N) is 2. The van der Waals surface area contributed by atoms with Crippen molar-refractivity contribution in [1.29, 1.82) is 0 Å². The van der Waals surface area contributed by atoms with Crippen LogP contribution in [-0.4, -0.2) is 47.7 Å². The molecule has 3 amide bonds. The SMILES string of the molecule is C#CC(CN1C(=O)[N-]CC(C)CC1(C)C)NC(=C)[C@H](CC(C)C)NC(=O)OCc1ccccc1.[Rb+]. The summed E-state index contributed by atoms with van der Waals surface area (Å²) in [6, 6.07) is 8.40. The summed E-state index contributed by atoms with van der Waals surface area (Å²) in [5.74, 6) is 3.34. The van der Waals surface area contributed by atoms with Crippen LogP contribution in [0.25, 0.3) is 5.32 Å². The zero-order chi connectivity index (χ0) is 25.3. The predicted octanol–water partition coefficient (Wildman–Crippen LogP) is 2.05. The maximum atomic E-state index is 12.7. The van der Waals surface area contributed by atoms with Crippen molar-refractivity contribution in [2.75, 3.05) is 13.1 Å². The van der Waals surface area contributed by atoms with E-state index in [1.807, 2.05) is 44.2 Å². The molecule has 3 atom stereocenters. The summed E-state index contributed by atoms with van der Waals surface area (Å²) in [4.78, 5) is 26.9. The minimum Gasteiger partial charge on any atom is -0.445 e. The van der Waals surface area contributed by atoms with E-state index in [0.717, 1.165) is 12.0 Å². The first-order valence-electron chi connectivity index (χ1n) is 11.9. The molecule has 1 aliphatic rings. The fourth-order valence-corrected chi connectivity index (χ4v) is 4.24. The molecule has 1 aromatic carbocycles. The van der Waals surface area contributed by atoms with Gasteiger partial charge in [0.15, 0.2) is 6.03 Å². The largest absolute Gasteiger partial charge is 1.00 e. The smallest absolute Gasteiger partial charge is 0.445 e. The number of hydrogen-bond donors (Lipinski definition) is 2. The molecule has 7 nitrogen and oxygen atoms in total. The molecule has 0 aromatic heterocycles. The molecule has 0 saturated carbocycles. The molecule has 0 bridgehead atoms. The van der Waals surface area contributed by atoms with Gasteiger partial charge in [-0.05, 0) is 48.9 Å². The van der Waals surface area contributed by atoms with Crippen LogP contribution in [-0.2, 0) is 11.3 Å². The van der Waals surface area contributed by atoms with E-state index in [2.05, 4.69) is 49.2 Å². The Morgan fingerprint density at radius 2 is 1.97 bits per heavy atom. The Hall–Kier alpha value is -1.33. The summed E-state index contributed by atoms with van der Waals surface area (Å²) in [6.45, 7) is 15.4. The first-order chi connectivity index (χ1) is 16.0. The molecule has 35 heavy (non-hydrogen) atoms. The summed E-state index contributed by atoms with van der Waals surface area (Å²) in [5.41, 5.74) is 1.12. The van der Waals surface area contributed by atoms with E-state index in [-0.39, 0.29) is 82.4 Å². The minimum atomic E-state index is -0.522. The van der Waals surface area contributed by atoms with Crippen LogP contribution < -0.4 is 68.8 Å². The Balaban J connectivity index is 0.00000612. The second-order valence-corrected chi connectivity index (χ2v) is 10.1. The number of urea groups is 1. The van der Waals surface area contributed by atoms with Gasteiger partial charge in [0.25, 0.3) is 0 Å². The zero-order valence-electron chi connectivity index (χ0n) is 22.1. The van der Waals surface area contributed by atoms with Gasteiger partial charge < -0.3 is 25.6 Å². The van der Waals surface area contributed by atoms with Crippen molar-refractivity contribution in [1.82, 2.24) is 15.5 Å². The number of alkyl carbamates (subject to hydrolysis) is 1. The van der Waals surface area contributed by atoms with Gasteiger partial charge in [-0.25, -0.2) is 4.79 Å². The number of carbonyl (C=O) groups excluding carboxylic acids is 2. The van der Waals surface area contributed by atoms with Crippen LogP contribution in [0.1, 0.15) is 53.0 Å². The van der Waals surface area contributed by atoms with Gasteiger partial charge in [-0.15, -0.1) is 6.42 Å². The van der Waals surface area contributed by atoms with Gasteiger partial charge in [0, 0.05) is 5.70 Å². The molecule has 8 heteroatoms. The molecule has 2 N–H and O–H groups in total. The predicted molar refractivity (Wildman–Crippen MR) is 136 cm³/mol. The normalized spacial score (nSPS) is 18.7. The number of carbonyl (C=O) groups is 2. The van der Waals surface area contributed by atoms with Crippen molar-refractivity contribution >= 4 is 12.1 Å². The van der Waals surface area contributed by atoms with E-state index < -0.39 is 12.1 Å². The molecule has 1 aromatic rings. The third-order valence-electron chi connectivity index (χ3n) is 5.91. The molecule has 186 valence electrons. The van der Waals surface area contributed by atoms with E-state index in [1.54, 1.807) is 4.90 Å². The number of ether oxygens (including phenoxy) is 1. The standard InChI is InChI=1S/C27H40N4O3.Rb/c1-8-23(17-31-25(32)28-16-20(4)15-27(31,6)7)29-21(5)24(14-19(2)3)30-26(33)34-18-22-12-10-9-11-13-22;/h1,9-13,19-20,23-24,29H,5,14-18H2,2-4,6-7H3,(H2,28,30,32,33);/q;+1/p-1/t20?,23?,24-;/m0./s1. The molecular weight excluding hydrogens is 514 g/mol. The van der Waals surface area contributed by atoms with Crippen LogP contribution in [0.4, 0.5) is 9.59 Å². The molecule has 0 spiro atoms. The Kier molecular flexibility index (Phi) is 13.6. The van der Waals surface area contributed by atoms with E-state index >= 15 is 0 Å². The van der Waals surface area contributed by atoms with Crippen LogP contribution in [0.5, 0.6) is 0 Å². The third kappa shape index (κ3) is 10.7. The van der Waals surface area contributed by atoms with Crippen molar-refractivity contribution in [2.24, 2.45) is 11.8 Å². The third-order valence-corrected chi connectivity index (χ3v) is 5.91. The van der Waals surface area contributed by atoms with Gasteiger partial charge in [-0.3, -0.25) is 4.79 Å². The average Bonchev–Trinajstić information content (AvgIpc) is 2.87. The first kappa shape index (κ1) is 31.7. The summed E-state index contributed by atoms with van der Waals surface area (Å²) >= 11 is 0. The average molecular weight is 553 g/mol. The quantitative estimate of drug-likeness (QED) is 0.435. The Morgan fingerprint density at radius 3 is 2.57 bits per heavy atom. The topological polar surface area (TPSA) is 84.8 Å². The van der Waals surface area contributed by atoms with E-state index in [4.69, 9.17) is 11.2 Å². The van der Waals surface area contributed by atoms with Crippen molar-refractivity contribution in [2.45, 2.75) is 71.7 Å². The summed E-state index contributed by atoms with van der Waals surface area (Å²) in [6.07, 6.45) is 6.79. The summed E-state index contributed by atoms with van der Waals surface area (Å²) in [5, 5.41) is 10.4. The van der Waals surface area contributed by atoms with Crippen molar-refractivity contribution < 1.29 is 72.5 Å². The summed E-state index contributed by atoms with van der Waals surface area (Å²) in [7, 11) is 0. The van der Waals surface area contributed by atoms with Crippen molar-refractivity contribution in [3.05, 3.63) is 53.5 Å². The maximum Gasteiger partial charge on any atom is 1.00 e. The van der Waals surface area contributed by atoms with Crippen molar-refractivity contribution in [3.63, 3.8) is 0 Å². The van der Waals surface area contributed by atoms with Gasteiger partial charge in [0.1, 0.15) is 6.61 Å². The van der Waals surface area contributed by atoms with Gasteiger partial charge in [0.2, 0.25) is 0 Å². The molecule has 1 saturated heterocycles. The fraction of sp³-hybridized carbons (Fsp3) is 0.556. The van der Waals surface area contributed by atoms with Crippen LogP contribution in [0.2, 0.25) is 0 Å². The molecule has 1 fully saturated rings. The fourth-order valence-electron chi connectivity index (χ4n) is 4.24. The Morgan fingerprint density at radius 1 is 1.31 bits per heavy atom. The Bertz CT molecular complexity index is 882. The second-order valence-electron chi connectivity index (χ2n) is 10.1. The molecule has 1 aliphatic heterocycles. The van der Waals surface area contributed by atoms with E-state index in [0.29, 0.717) is 37.0 Å². The molecule has 0 radical (unpaired) electrons. The van der Waals surface area contributed by atoms with Gasteiger partial charge in [-0.2, -0.15) is 0 Å². The van der Waals surface area contributed by atoms with Crippen LogP contribution in [0, 0.1) is 24.2 Å². The number of hydrogen-bond acceptors (Lipinski definition) is 4. The monoisotopic (exact) mass is 552 g/mol. The van der Waals surface area contributed by atoms with Crippen LogP contribution in [0.3, 0.4) is 0 Å². The van der Waals surface area contributed by atoms with Crippen molar-refractivity contribution in [3.8, 4) is 12.3 Å². The van der Waals surface area contributed by atoms with Crippen LogP contribution in [0.15, 0.2) is 42.6 Å². The second kappa shape index (κ2) is 15.0. The van der Waals surface area contributed by atoms with Crippen LogP contribution >= 0.6 is 0 Å². The van der Waals surface area contributed by atoms with Gasteiger partial charge in [0.05, 0.1) is 12.1 Å². The van der Waals surface area contributed by atoms with E-state index in [9.17, 15) is 9.59 Å². The number of amides is 3. The minimum absolute atomic E-state index is 0. The molecule has 2 unspecified atom stereocenters. The molecule has 1 heterocycles. The zero-order valence-corrected chi connectivity index (χ0v) is 27.1. The van der Waals surface area contributed by atoms with Gasteiger partial charge in [-0.1, -0.05) is 77.4 Å². The number of nitrogens with zero attached hydrogens (tertiary/aromatic N) is 2. The number of terminal acetylenes is 1. The molecular formula is C27H39N4O3Rb. The maximum absolute atomic E-state index is 12.7. The summed E-state index contributed by atoms with van der Waals surface area (Å²) < 4.78 is 5.38. The number of benzene rings is 1. The Labute approximate surface area is 260 Å². The molecule has 2 rings (SSSR count). The first-order valence-corrected chi connectivity index (χ1v) is 11.9.